The lowest BCUT2D eigenvalue weighted by atomic mass is 10.4. The molecule has 0 unspecified atom stereocenters. The SMILES string of the molecule is O=C(NCc1cncs1)c1cc(S)cs1. The molecule has 15 heavy (non-hydrogen) atoms. The van der Waals surface area contributed by atoms with Crippen molar-refractivity contribution in [3.63, 3.8) is 0 Å². The maximum absolute atomic E-state index is 11.6. The van der Waals surface area contributed by atoms with Crippen LogP contribution in [0.4, 0.5) is 0 Å². The summed E-state index contributed by atoms with van der Waals surface area (Å²) in [6.07, 6.45) is 1.75. The highest BCUT2D eigenvalue weighted by Gasteiger charge is 2.07. The molecule has 6 heteroatoms. The molecule has 0 saturated carbocycles. The van der Waals surface area contributed by atoms with Crippen LogP contribution in [0.25, 0.3) is 0 Å². The van der Waals surface area contributed by atoms with Gasteiger partial charge in [0.05, 0.1) is 16.9 Å². The third-order valence-corrected chi connectivity index (χ3v) is 3.86. The second-order valence-corrected chi connectivity index (χ2v) is 5.22. The summed E-state index contributed by atoms with van der Waals surface area (Å²) < 4.78 is 0. The number of thiazole rings is 1. The van der Waals surface area contributed by atoms with Crippen LogP contribution in [-0.2, 0) is 6.54 Å². The fraction of sp³-hybridized carbons (Fsp3) is 0.111. The van der Waals surface area contributed by atoms with Crippen molar-refractivity contribution >= 4 is 41.2 Å². The number of aromatic nitrogens is 1. The number of carbonyl (C=O) groups excluding carboxylic acids is 1. The minimum absolute atomic E-state index is 0.0614. The molecule has 0 aromatic carbocycles. The number of thiol groups is 1. The van der Waals surface area contributed by atoms with Gasteiger partial charge in [0, 0.05) is 21.3 Å². The number of nitrogens with one attached hydrogen (secondary N) is 1. The van der Waals surface area contributed by atoms with E-state index in [1.165, 1.54) is 22.7 Å². The van der Waals surface area contributed by atoms with E-state index < -0.39 is 0 Å². The summed E-state index contributed by atoms with van der Waals surface area (Å²) in [4.78, 5) is 18.1. The van der Waals surface area contributed by atoms with Gasteiger partial charge >= 0.3 is 0 Å². The summed E-state index contributed by atoms with van der Waals surface area (Å²) in [5.41, 5.74) is 1.75. The van der Waals surface area contributed by atoms with Crippen molar-refractivity contribution < 1.29 is 4.79 Å². The number of thiophene rings is 1. The van der Waals surface area contributed by atoms with Crippen LogP contribution in [0.3, 0.4) is 0 Å². The molecule has 1 amide bonds. The molecule has 2 rings (SSSR count). The Bertz CT molecular complexity index is 450. The molecule has 0 fully saturated rings. The molecule has 0 spiro atoms. The van der Waals surface area contributed by atoms with Crippen molar-refractivity contribution in [3.8, 4) is 0 Å². The minimum Gasteiger partial charge on any atom is -0.346 e. The molecule has 0 atom stereocenters. The van der Waals surface area contributed by atoms with Gasteiger partial charge in [0.15, 0.2) is 0 Å². The molecule has 2 aromatic rings. The molecule has 0 bridgehead atoms. The van der Waals surface area contributed by atoms with Crippen molar-refractivity contribution in [1.29, 1.82) is 0 Å². The van der Waals surface area contributed by atoms with Gasteiger partial charge in [-0.15, -0.1) is 35.3 Å². The minimum atomic E-state index is -0.0614. The third kappa shape index (κ3) is 2.80. The van der Waals surface area contributed by atoms with E-state index in [4.69, 9.17) is 0 Å². The van der Waals surface area contributed by atoms with Crippen LogP contribution in [-0.4, -0.2) is 10.9 Å². The molecule has 0 radical (unpaired) electrons. The monoisotopic (exact) mass is 256 g/mol. The van der Waals surface area contributed by atoms with Gasteiger partial charge in [0.25, 0.3) is 5.91 Å². The zero-order chi connectivity index (χ0) is 10.7. The molecule has 0 aliphatic carbocycles. The molecule has 0 aliphatic heterocycles. The van der Waals surface area contributed by atoms with Crippen LogP contribution in [0.15, 0.2) is 28.0 Å². The summed E-state index contributed by atoms with van der Waals surface area (Å²) in [6.45, 7) is 0.531. The van der Waals surface area contributed by atoms with E-state index in [-0.39, 0.29) is 5.91 Å². The Balaban J connectivity index is 1.93. The van der Waals surface area contributed by atoms with Crippen LogP contribution < -0.4 is 5.32 Å². The lowest BCUT2D eigenvalue weighted by Gasteiger charge is -1.99. The van der Waals surface area contributed by atoms with E-state index in [9.17, 15) is 4.79 Å². The zero-order valence-electron chi connectivity index (χ0n) is 7.64. The van der Waals surface area contributed by atoms with Gasteiger partial charge in [-0.3, -0.25) is 9.78 Å². The van der Waals surface area contributed by atoms with Crippen LogP contribution in [0.5, 0.6) is 0 Å². The number of nitrogens with zero attached hydrogens (tertiary/aromatic N) is 1. The summed E-state index contributed by atoms with van der Waals surface area (Å²) in [7, 11) is 0. The van der Waals surface area contributed by atoms with Crippen LogP contribution in [0.2, 0.25) is 0 Å². The fourth-order valence-corrected chi connectivity index (χ4v) is 2.63. The normalized spacial score (nSPS) is 10.2. The maximum atomic E-state index is 11.6. The van der Waals surface area contributed by atoms with Gasteiger partial charge in [-0.05, 0) is 6.07 Å². The zero-order valence-corrected chi connectivity index (χ0v) is 10.2. The van der Waals surface area contributed by atoms with E-state index >= 15 is 0 Å². The van der Waals surface area contributed by atoms with Crippen molar-refractivity contribution in [2.24, 2.45) is 0 Å². The molecule has 78 valence electrons. The molecule has 3 nitrogen and oxygen atoms in total. The Morgan fingerprint density at radius 3 is 3.00 bits per heavy atom. The van der Waals surface area contributed by atoms with Crippen molar-refractivity contribution in [1.82, 2.24) is 10.3 Å². The standard InChI is InChI=1S/C9H8N2OS3/c12-9(8-1-6(13)4-14-8)11-3-7-2-10-5-15-7/h1-2,4-5,13H,3H2,(H,11,12). The second-order valence-electron chi connectivity index (χ2n) is 2.82. The Kier molecular flexibility index (Phi) is 3.40. The van der Waals surface area contributed by atoms with E-state index in [1.54, 1.807) is 17.8 Å². The Morgan fingerprint density at radius 2 is 2.40 bits per heavy atom. The Hall–Kier alpha value is -0.850. The van der Waals surface area contributed by atoms with Gasteiger partial charge in [0.1, 0.15) is 0 Å². The lowest BCUT2D eigenvalue weighted by Crippen LogP contribution is -2.21. The van der Waals surface area contributed by atoms with Crippen LogP contribution in [0.1, 0.15) is 14.5 Å². The summed E-state index contributed by atoms with van der Waals surface area (Å²) in [6, 6.07) is 1.76. The number of rotatable bonds is 3. The second kappa shape index (κ2) is 4.78. The molecule has 0 aliphatic rings. The molecule has 2 heterocycles. The summed E-state index contributed by atoms with van der Waals surface area (Å²) in [5, 5.41) is 4.66. The van der Waals surface area contributed by atoms with E-state index in [1.807, 2.05) is 5.38 Å². The first-order chi connectivity index (χ1) is 7.25. The Labute approximate surface area is 101 Å². The number of carbonyl (C=O) groups is 1. The molecule has 1 N–H and O–H groups in total. The van der Waals surface area contributed by atoms with Gasteiger partial charge in [-0.25, -0.2) is 0 Å². The average molecular weight is 256 g/mol. The van der Waals surface area contributed by atoms with Gasteiger partial charge < -0.3 is 5.32 Å². The van der Waals surface area contributed by atoms with Crippen molar-refractivity contribution in [2.75, 3.05) is 0 Å². The maximum Gasteiger partial charge on any atom is 0.261 e. The van der Waals surface area contributed by atoms with Crippen LogP contribution >= 0.6 is 35.3 Å². The van der Waals surface area contributed by atoms with Gasteiger partial charge in [-0.1, -0.05) is 0 Å². The van der Waals surface area contributed by atoms with Gasteiger partial charge in [-0.2, -0.15) is 0 Å². The smallest absolute Gasteiger partial charge is 0.261 e. The number of amides is 1. The largest absolute Gasteiger partial charge is 0.346 e. The van der Waals surface area contributed by atoms with Crippen LogP contribution in [0, 0.1) is 0 Å². The van der Waals surface area contributed by atoms with Crippen molar-refractivity contribution in [3.05, 3.63) is 32.9 Å². The van der Waals surface area contributed by atoms with Gasteiger partial charge in [0.2, 0.25) is 0 Å². The third-order valence-electron chi connectivity index (χ3n) is 1.72. The topological polar surface area (TPSA) is 42.0 Å². The highest BCUT2D eigenvalue weighted by molar-refractivity contribution is 7.80. The van der Waals surface area contributed by atoms with E-state index in [2.05, 4.69) is 22.9 Å². The lowest BCUT2D eigenvalue weighted by molar-refractivity contribution is 0.0955. The quantitative estimate of drug-likeness (QED) is 0.828. The fourth-order valence-electron chi connectivity index (χ4n) is 1.03. The number of hydrogen-bond donors (Lipinski definition) is 2. The summed E-state index contributed by atoms with van der Waals surface area (Å²) in [5.74, 6) is -0.0614. The van der Waals surface area contributed by atoms with E-state index in [0.717, 1.165) is 9.77 Å². The predicted molar refractivity (Wildman–Crippen MR) is 64.9 cm³/mol. The first kappa shape index (κ1) is 10.7. The Morgan fingerprint density at radius 1 is 1.53 bits per heavy atom. The highest BCUT2D eigenvalue weighted by atomic mass is 32.1. The molecule has 0 saturated heterocycles. The number of hydrogen-bond acceptors (Lipinski definition) is 5. The van der Waals surface area contributed by atoms with Crippen molar-refractivity contribution in [2.45, 2.75) is 11.4 Å². The first-order valence-electron chi connectivity index (χ1n) is 4.19. The molecule has 2 aromatic heterocycles. The highest BCUT2D eigenvalue weighted by Crippen LogP contribution is 2.17. The van der Waals surface area contributed by atoms with E-state index in [0.29, 0.717) is 11.4 Å². The first-order valence-corrected chi connectivity index (χ1v) is 6.39. The molecular formula is C9H8N2OS3. The predicted octanol–water partition coefficient (Wildman–Crippen LogP) is 2.42. The average Bonchev–Trinajstić information content (AvgIpc) is 2.84. The summed E-state index contributed by atoms with van der Waals surface area (Å²) >= 11 is 7.07. The molecular weight excluding hydrogens is 248 g/mol.